The number of ether oxygens (including phenoxy) is 1. The maximum atomic E-state index is 5.71. The number of rotatable bonds is 1. The van der Waals surface area contributed by atoms with Gasteiger partial charge in [-0.2, -0.15) is 0 Å². The SMILES string of the molecule is Clc1ncc(C2CNCCO2)s1. The molecule has 5 heteroatoms. The number of aromatic nitrogens is 1. The van der Waals surface area contributed by atoms with Crippen LogP contribution in [0, 0.1) is 0 Å². The van der Waals surface area contributed by atoms with Crippen molar-refractivity contribution in [3.05, 3.63) is 15.5 Å². The maximum Gasteiger partial charge on any atom is 0.183 e. The predicted octanol–water partition coefficient (Wildman–Crippen LogP) is 1.46. The molecule has 1 unspecified atom stereocenters. The van der Waals surface area contributed by atoms with E-state index >= 15 is 0 Å². The second-order valence-corrected chi connectivity index (χ2v) is 4.22. The molecule has 0 bridgehead atoms. The number of morpholine rings is 1. The molecule has 1 aliphatic heterocycles. The van der Waals surface area contributed by atoms with Crippen molar-refractivity contribution in [3.8, 4) is 0 Å². The first-order valence-corrected chi connectivity index (χ1v) is 4.99. The molecule has 1 aromatic heterocycles. The van der Waals surface area contributed by atoms with Crippen LogP contribution in [0.25, 0.3) is 0 Å². The molecule has 0 aromatic carbocycles. The van der Waals surface area contributed by atoms with E-state index in [-0.39, 0.29) is 6.10 Å². The van der Waals surface area contributed by atoms with E-state index in [1.165, 1.54) is 11.3 Å². The van der Waals surface area contributed by atoms with E-state index in [1.54, 1.807) is 6.20 Å². The zero-order valence-electron chi connectivity index (χ0n) is 6.42. The zero-order chi connectivity index (χ0) is 8.39. The summed E-state index contributed by atoms with van der Waals surface area (Å²) >= 11 is 7.19. The van der Waals surface area contributed by atoms with E-state index in [4.69, 9.17) is 16.3 Å². The standard InChI is InChI=1S/C7H9ClN2OS/c8-7-10-4-6(12-7)5-3-9-1-2-11-5/h4-5,9H,1-3H2. The normalized spacial score (nSPS) is 24.2. The topological polar surface area (TPSA) is 34.2 Å². The molecule has 1 N–H and O–H groups in total. The lowest BCUT2D eigenvalue weighted by Gasteiger charge is -2.21. The third-order valence-corrected chi connectivity index (χ3v) is 2.95. The van der Waals surface area contributed by atoms with Gasteiger partial charge in [0.05, 0.1) is 11.5 Å². The first-order chi connectivity index (χ1) is 5.86. The number of nitrogens with one attached hydrogen (secondary N) is 1. The van der Waals surface area contributed by atoms with Gasteiger partial charge in [-0.15, -0.1) is 11.3 Å². The van der Waals surface area contributed by atoms with Crippen molar-refractivity contribution in [1.82, 2.24) is 10.3 Å². The maximum absolute atomic E-state index is 5.71. The summed E-state index contributed by atoms with van der Waals surface area (Å²) in [6, 6.07) is 0. The molecule has 2 heterocycles. The van der Waals surface area contributed by atoms with Gasteiger partial charge in [0.25, 0.3) is 0 Å². The van der Waals surface area contributed by atoms with Crippen molar-refractivity contribution in [2.45, 2.75) is 6.10 Å². The lowest BCUT2D eigenvalue weighted by molar-refractivity contribution is 0.0298. The van der Waals surface area contributed by atoms with Gasteiger partial charge in [-0.1, -0.05) is 11.6 Å². The monoisotopic (exact) mass is 204 g/mol. The Morgan fingerprint density at radius 1 is 1.75 bits per heavy atom. The average molecular weight is 205 g/mol. The summed E-state index contributed by atoms with van der Waals surface area (Å²) in [6.45, 7) is 2.56. The van der Waals surface area contributed by atoms with Crippen LogP contribution in [-0.4, -0.2) is 24.7 Å². The summed E-state index contributed by atoms with van der Waals surface area (Å²) in [4.78, 5) is 5.07. The Hall–Kier alpha value is -0.160. The van der Waals surface area contributed by atoms with Gasteiger partial charge in [-0.25, -0.2) is 4.98 Å². The first-order valence-electron chi connectivity index (χ1n) is 3.80. The third kappa shape index (κ3) is 1.77. The molecule has 12 heavy (non-hydrogen) atoms. The highest BCUT2D eigenvalue weighted by Crippen LogP contribution is 2.26. The largest absolute Gasteiger partial charge is 0.370 e. The number of hydrogen-bond acceptors (Lipinski definition) is 4. The van der Waals surface area contributed by atoms with Crippen molar-refractivity contribution < 1.29 is 4.74 Å². The molecule has 1 aromatic rings. The highest BCUT2D eigenvalue weighted by Gasteiger charge is 2.17. The van der Waals surface area contributed by atoms with Crippen molar-refractivity contribution in [2.24, 2.45) is 0 Å². The second-order valence-electron chi connectivity index (χ2n) is 2.58. The van der Waals surface area contributed by atoms with Gasteiger partial charge in [0.15, 0.2) is 4.47 Å². The van der Waals surface area contributed by atoms with E-state index in [1.807, 2.05) is 0 Å². The van der Waals surface area contributed by atoms with Crippen LogP contribution in [0.4, 0.5) is 0 Å². The molecule has 1 saturated heterocycles. The summed E-state index contributed by atoms with van der Waals surface area (Å²) in [6.07, 6.45) is 1.92. The Bertz CT molecular complexity index is 260. The molecule has 1 aliphatic rings. The summed E-state index contributed by atoms with van der Waals surface area (Å²) in [5.74, 6) is 0. The lowest BCUT2D eigenvalue weighted by atomic mass is 10.3. The van der Waals surface area contributed by atoms with Crippen LogP contribution in [0.3, 0.4) is 0 Å². The Kier molecular flexibility index (Phi) is 2.60. The Morgan fingerprint density at radius 2 is 2.67 bits per heavy atom. The van der Waals surface area contributed by atoms with E-state index in [0.29, 0.717) is 4.47 Å². The van der Waals surface area contributed by atoms with Gasteiger partial charge in [0, 0.05) is 19.3 Å². The van der Waals surface area contributed by atoms with Gasteiger partial charge < -0.3 is 10.1 Å². The van der Waals surface area contributed by atoms with Crippen LogP contribution in [0.15, 0.2) is 6.20 Å². The number of nitrogens with zero attached hydrogens (tertiary/aromatic N) is 1. The minimum Gasteiger partial charge on any atom is -0.370 e. The quantitative estimate of drug-likeness (QED) is 0.752. The van der Waals surface area contributed by atoms with Crippen molar-refractivity contribution in [2.75, 3.05) is 19.7 Å². The average Bonchev–Trinajstić information content (AvgIpc) is 2.54. The Labute approximate surface area is 79.7 Å². The molecule has 0 spiro atoms. The predicted molar refractivity (Wildman–Crippen MR) is 48.7 cm³/mol. The molecular weight excluding hydrogens is 196 g/mol. The smallest absolute Gasteiger partial charge is 0.183 e. The Balaban J connectivity index is 2.08. The molecule has 0 aliphatic carbocycles. The summed E-state index contributed by atoms with van der Waals surface area (Å²) < 4.78 is 6.11. The molecular formula is C7H9ClN2OS. The van der Waals surface area contributed by atoms with Crippen LogP contribution in [-0.2, 0) is 4.74 Å². The van der Waals surface area contributed by atoms with Crippen molar-refractivity contribution in [1.29, 1.82) is 0 Å². The highest BCUT2D eigenvalue weighted by molar-refractivity contribution is 7.15. The van der Waals surface area contributed by atoms with Crippen LogP contribution in [0.2, 0.25) is 4.47 Å². The molecule has 1 atom stereocenters. The molecule has 2 rings (SSSR count). The Morgan fingerprint density at radius 3 is 3.25 bits per heavy atom. The minimum atomic E-state index is 0.142. The fourth-order valence-corrected chi connectivity index (χ4v) is 2.17. The molecule has 0 amide bonds. The van der Waals surface area contributed by atoms with E-state index in [0.717, 1.165) is 24.6 Å². The van der Waals surface area contributed by atoms with Gasteiger partial charge >= 0.3 is 0 Å². The van der Waals surface area contributed by atoms with Gasteiger partial charge in [0.2, 0.25) is 0 Å². The van der Waals surface area contributed by atoms with E-state index < -0.39 is 0 Å². The number of halogens is 1. The van der Waals surface area contributed by atoms with Crippen LogP contribution < -0.4 is 5.32 Å². The minimum absolute atomic E-state index is 0.142. The van der Waals surface area contributed by atoms with E-state index in [2.05, 4.69) is 10.3 Å². The highest BCUT2D eigenvalue weighted by atomic mass is 35.5. The molecule has 66 valence electrons. The lowest BCUT2D eigenvalue weighted by Crippen LogP contribution is -2.32. The van der Waals surface area contributed by atoms with Crippen molar-refractivity contribution in [3.63, 3.8) is 0 Å². The van der Waals surface area contributed by atoms with Gasteiger partial charge in [-0.3, -0.25) is 0 Å². The first kappa shape index (κ1) is 8.44. The summed E-state index contributed by atoms with van der Waals surface area (Å²) in [5.41, 5.74) is 0. The molecule has 3 nitrogen and oxygen atoms in total. The molecule has 0 saturated carbocycles. The summed E-state index contributed by atoms with van der Waals surface area (Å²) in [5, 5.41) is 3.25. The van der Waals surface area contributed by atoms with Crippen LogP contribution >= 0.6 is 22.9 Å². The molecule has 0 radical (unpaired) electrons. The summed E-state index contributed by atoms with van der Waals surface area (Å²) in [7, 11) is 0. The fourth-order valence-electron chi connectivity index (χ4n) is 1.16. The second kappa shape index (κ2) is 3.70. The third-order valence-electron chi connectivity index (χ3n) is 1.74. The van der Waals surface area contributed by atoms with Crippen LogP contribution in [0.5, 0.6) is 0 Å². The van der Waals surface area contributed by atoms with Crippen molar-refractivity contribution >= 4 is 22.9 Å². The number of hydrogen-bond donors (Lipinski definition) is 1. The fraction of sp³-hybridized carbons (Fsp3) is 0.571. The number of thiazole rings is 1. The zero-order valence-corrected chi connectivity index (χ0v) is 7.99. The van der Waals surface area contributed by atoms with Gasteiger partial charge in [0.1, 0.15) is 6.10 Å². The van der Waals surface area contributed by atoms with Gasteiger partial charge in [-0.05, 0) is 0 Å². The van der Waals surface area contributed by atoms with Crippen LogP contribution in [0.1, 0.15) is 11.0 Å². The molecule has 1 fully saturated rings. The van der Waals surface area contributed by atoms with E-state index in [9.17, 15) is 0 Å².